The predicted octanol–water partition coefficient (Wildman–Crippen LogP) is 1.27. The lowest BCUT2D eigenvalue weighted by Crippen LogP contribution is -2.44. The Morgan fingerprint density at radius 2 is 2.29 bits per heavy atom. The first-order valence-electron chi connectivity index (χ1n) is 6.97. The molecule has 0 saturated carbocycles. The Labute approximate surface area is 123 Å². The van der Waals surface area contributed by atoms with Crippen LogP contribution >= 0.6 is 0 Å². The quantitative estimate of drug-likeness (QED) is 0.902. The van der Waals surface area contributed by atoms with Gasteiger partial charge in [-0.05, 0) is 19.9 Å². The molecule has 2 aromatic heterocycles. The highest BCUT2D eigenvalue weighted by Crippen LogP contribution is 2.14. The number of rotatable bonds is 2. The third-order valence-corrected chi connectivity index (χ3v) is 3.63. The number of hydrogen-bond acceptors (Lipinski definition) is 4. The molecule has 3 rings (SSSR count). The zero-order valence-corrected chi connectivity index (χ0v) is 12.2. The van der Waals surface area contributed by atoms with Crippen LogP contribution in [0.25, 0.3) is 0 Å². The van der Waals surface area contributed by atoms with Gasteiger partial charge in [-0.25, -0.2) is 19.7 Å². The number of urea groups is 1. The summed E-state index contributed by atoms with van der Waals surface area (Å²) >= 11 is 0. The summed E-state index contributed by atoms with van der Waals surface area (Å²) < 4.78 is 2.07. The molecule has 0 saturated heterocycles. The van der Waals surface area contributed by atoms with Crippen LogP contribution in [-0.2, 0) is 13.1 Å². The highest BCUT2D eigenvalue weighted by Gasteiger charge is 2.22. The number of fused-ring (bicyclic) bond motifs is 1. The Hall–Kier alpha value is -2.44. The number of aryl methyl sites for hydroxylation is 1. The molecule has 7 nitrogen and oxygen atoms in total. The first-order valence-corrected chi connectivity index (χ1v) is 6.97. The molecule has 0 spiro atoms. The maximum absolute atomic E-state index is 12.3. The summed E-state index contributed by atoms with van der Waals surface area (Å²) in [7, 11) is 0. The van der Waals surface area contributed by atoms with Gasteiger partial charge in [-0.15, -0.1) is 0 Å². The van der Waals surface area contributed by atoms with E-state index in [1.807, 2.05) is 19.9 Å². The Balaban J connectivity index is 1.64. The molecular weight excluding hydrogens is 268 g/mol. The monoisotopic (exact) mass is 286 g/mol. The third kappa shape index (κ3) is 2.86. The molecule has 3 heterocycles. The minimum atomic E-state index is -0.147. The van der Waals surface area contributed by atoms with Crippen LogP contribution in [0.5, 0.6) is 0 Å². The first-order chi connectivity index (χ1) is 10.1. The maximum atomic E-state index is 12.3. The second kappa shape index (κ2) is 5.51. The largest absolute Gasteiger partial charge is 0.331 e. The van der Waals surface area contributed by atoms with Gasteiger partial charge in [0.25, 0.3) is 0 Å². The second-order valence-electron chi connectivity index (χ2n) is 5.20. The highest BCUT2D eigenvalue weighted by molar-refractivity contribution is 5.74. The van der Waals surface area contributed by atoms with Crippen LogP contribution in [0.15, 0.2) is 24.8 Å². The predicted molar refractivity (Wildman–Crippen MR) is 76.4 cm³/mol. The number of nitrogens with one attached hydrogen (secondary N) is 1. The van der Waals surface area contributed by atoms with Crippen LogP contribution in [-0.4, -0.2) is 37.0 Å². The van der Waals surface area contributed by atoms with Crippen molar-refractivity contribution in [3.63, 3.8) is 0 Å². The average Bonchev–Trinajstić information content (AvgIpc) is 2.94. The molecule has 0 aromatic carbocycles. The smallest absolute Gasteiger partial charge is 0.318 e. The highest BCUT2D eigenvalue weighted by atomic mass is 16.2. The van der Waals surface area contributed by atoms with Crippen molar-refractivity contribution in [2.45, 2.75) is 33.0 Å². The van der Waals surface area contributed by atoms with Crippen LogP contribution in [0.2, 0.25) is 0 Å². The van der Waals surface area contributed by atoms with Gasteiger partial charge in [0.05, 0.1) is 30.3 Å². The van der Waals surface area contributed by atoms with Gasteiger partial charge in [0, 0.05) is 25.5 Å². The molecule has 0 bridgehead atoms. The Bertz CT molecular complexity index is 652. The van der Waals surface area contributed by atoms with Gasteiger partial charge in [0.1, 0.15) is 5.82 Å². The minimum Gasteiger partial charge on any atom is -0.331 e. The summed E-state index contributed by atoms with van der Waals surface area (Å²) in [5.74, 6) is 0.704. The summed E-state index contributed by atoms with van der Waals surface area (Å²) in [5.41, 5.74) is 1.87. The molecule has 0 fully saturated rings. The summed E-state index contributed by atoms with van der Waals surface area (Å²) in [6, 6.07) is 1.60. The number of imidazole rings is 1. The summed E-state index contributed by atoms with van der Waals surface area (Å²) in [4.78, 5) is 26.6. The van der Waals surface area contributed by atoms with E-state index in [2.05, 4.69) is 24.8 Å². The molecule has 1 N–H and O–H groups in total. The number of carbonyl (C=O) groups excluding carboxylic acids is 1. The van der Waals surface area contributed by atoms with Crippen molar-refractivity contribution in [3.05, 3.63) is 42.0 Å². The van der Waals surface area contributed by atoms with E-state index in [1.165, 1.54) is 0 Å². The van der Waals surface area contributed by atoms with Gasteiger partial charge >= 0.3 is 6.03 Å². The van der Waals surface area contributed by atoms with E-state index >= 15 is 0 Å². The molecule has 1 aliphatic heterocycles. The fraction of sp³-hybridized carbons (Fsp3) is 0.429. The van der Waals surface area contributed by atoms with Crippen molar-refractivity contribution in [2.75, 3.05) is 6.54 Å². The Morgan fingerprint density at radius 3 is 3.10 bits per heavy atom. The van der Waals surface area contributed by atoms with Crippen LogP contribution in [0.3, 0.4) is 0 Å². The topological polar surface area (TPSA) is 75.9 Å². The number of aromatic nitrogens is 4. The lowest BCUT2D eigenvalue weighted by atomic mass is 10.2. The molecule has 0 radical (unpaired) electrons. The fourth-order valence-electron chi connectivity index (χ4n) is 2.42. The second-order valence-corrected chi connectivity index (χ2v) is 5.20. The van der Waals surface area contributed by atoms with Crippen LogP contribution in [0, 0.1) is 6.92 Å². The summed E-state index contributed by atoms with van der Waals surface area (Å²) in [6.45, 7) is 5.81. The van der Waals surface area contributed by atoms with Crippen molar-refractivity contribution >= 4 is 6.03 Å². The Kier molecular flexibility index (Phi) is 3.55. The van der Waals surface area contributed by atoms with Gasteiger partial charge in [0.2, 0.25) is 0 Å². The molecule has 7 heteroatoms. The van der Waals surface area contributed by atoms with E-state index in [-0.39, 0.29) is 12.1 Å². The van der Waals surface area contributed by atoms with E-state index in [0.29, 0.717) is 18.9 Å². The molecule has 21 heavy (non-hydrogen) atoms. The summed E-state index contributed by atoms with van der Waals surface area (Å²) in [6.07, 6.45) is 5.31. The fourth-order valence-corrected chi connectivity index (χ4v) is 2.42. The number of nitrogens with zero attached hydrogens (tertiary/aromatic N) is 5. The van der Waals surface area contributed by atoms with Gasteiger partial charge in [-0.1, -0.05) is 0 Å². The molecule has 1 aliphatic rings. The minimum absolute atomic E-state index is 0.0776. The van der Waals surface area contributed by atoms with E-state index in [0.717, 1.165) is 17.9 Å². The normalized spacial score (nSPS) is 15.4. The molecule has 110 valence electrons. The maximum Gasteiger partial charge on any atom is 0.318 e. The third-order valence-electron chi connectivity index (χ3n) is 3.63. The summed E-state index contributed by atoms with van der Waals surface area (Å²) in [5, 5.41) is 2.98. The van der Waals surface area contributed by atoms with Gasteiger partial charge < -0.3 is 14.8 Å². The molecule has 0 aliphatic carbocycles. The lowest BCUT2D eigenvalue weighted by Gasteiger charge is -2.29. The van der Waals surface area contributed by atoms with E-state index < -0.39 is 0 Å². The van der Waals surface area contributed by atoms with Crippen molar-refractivity contribution < 1.29 is 4.79 Å². The van der Waals surface area contributed by atoms with Gasteiger partial charge in [-0.2, -0.15) is 0 Å². The number of amides is 2. The van der Waals surface area contributed by atoms with Gasteiger partial charge in [-0.3, -0.25) is 0 Å². The van der Waals surface area contributed by atoms with Crippen molar-refractivity contribution in [1.29, 1.82) is 0 Å². The molecular formula is C14H18N6O. The van der Waals surface area contributed by atoms with E-state index in [4.69, 9.17) is 0 Å². The molecule has 2 amide bonds. The Morgan fingerprint density at radius 1 is 1.43 bits per heavy atom. The zero-order chi connectivity index (χ0) is 14.8. The SMILES string of the molecule is Cc1nccc([C@H](C)NC(=O)N2CCn3cncc3C2)n1. The molecule has 2 aromatic rings. The zero-order valence-electron chi connectivity index (χ0n) is 12.2. The lowest BCUT2D eigenvalue weighted by molar-refractivity contribution is 0.180. The molecule has 1 atom stereocenters. The average molecular weight is 286 g/mol. The molecule has 0 unspecified atom stereocenters. The van der Waals surface area contributed by atoms with Crippen molar-refractivity contribution in [2.24, 2.45) is 0 Å². The standard InChI is InChI=1S/C14H18N6O/c1-10(13-3-4-16-11(2)18-13)17-14(21)19-5-6-20-9-15-7-12(20)8-19/h3-4,7,9-10H,5-6,8H2,1-2H3,(H,17,21)/t10-/m0/s1. The van der Waals surface area contributed by atoms with Crippen molar-refractivity contribution in [3.8, 4) is 0 Å². The first kappa shape index (κ1) is 13.5. The van der Waals surface area contributed by atoms with E-state index in [1.54, 1.807) is 23.6 Å². The van der Waals surface area contributed by atoms with E-state index in [9.17, 15) is 4.79 Å². The van der Waals surface area contributed by atoms with Crippen LogP contribution in [0.4, 0.5) is 4.79 Å². The van der Waals surface area contributed by atoms with Crippen molar-refractivity contribution in [1.82, 2.24) is 29.7 Å². The van der Waals surface area contributed by atoms with Crippen LogP contribution < -0.4 is 5.32 Å². The number of hydrogen-bond donors (Lipinski definition) is 1. The number of carbonyl (C=O) groups is 1. The van der Waals surface area contributed by atoms with Gasteiger partial charge in [0.15, 0.2) is 0 Å². The van der Waals surface area contributed by atoms with Crippen LogP contribution in [0.1, 0.15) is 30.2 Å².